The van der Waals surface area contributed by atoms with Crippen molar-refractivity contribution in [2.75, 3.05) is 0 Å². The van der Waals surface area contributed by atoms with Crippen molar-refractivity contribution >= 4 is 5.69 Å². The van der Waals surface area contributed by atoms with Gasteiger partial charge < -0.3 is 10.3 Å². The van der Waals surface area contributed by atoms with Gasteiger partial charge in [0.1, 0.15) is 0 Å². The summed E-state index contributed by atoms with van der Waals surface area (Å²) in [5, 5.41) is 14.1. The number of aromatic nitrogens is 2. The van der Waals surface area contributed by atoms with Gasteiger partial charge >= 0.3 is 0 Å². The van der Waals surface area contributed by atoms with E-state index in [-0.39, 0.29) is 16.7 Å². The zero-order valence-electron chi connectivity index (χ0n) is 9.96. The molecule has 94 valence electrons. The van der Waals surface area contributed by atoms with Crippen LogP contribution in [0.1, 0.15) is 24.2 Å². The molecule has 2 N–H and O–H groups in total. The predicted octanol–water partition coefficient (Wildman–Crippen LogP) is 2.17. The zero-order valence-corrected chi connectivity index (χ0v) is 9.96. The quantitative estimate of drug-likeness (QED) is 0.625. The first-order valence-electron chi connectivity index (χ1n) is 5.62. The molecule has 2 aromatic rings. The van der Waals surface area contributed by atoms with Gasteiger partial charge in [0.2, 0.25) is 0 Å². The smallest absolute Gasteiger partial charge is 0.274 e. The van der Waals surface area contributed by atoms with Gasteiger partial charge in [-0.15, -0.1) is 0 Å². The van der Waals surface area contributed by atoms with Gasteiger partial charge in [-0.1, -0.05) is 18.2 Å². The molecule has 0 amide bonds. The van der Waals surface area contributed by atoms with Crippen LogP contribution >= 0.6 is 0 Å². The number of aromatic amines is 1. The predicted molar refractivity (Wildman–Crippen MR) is 66.9 cm³/mol. The lowest BCUT2D eigenvalue weighted by Gasteiger charge is -2.13. The Kier molecular flexibility index (Phi) is 3.69. The van der Waals surface area contributed by atoms with E-state index in [1.165, 1.54) is 6.07 Å². The van der Waals surface area contributed by atoms with Crippen LogP contribution in [0.4, 0.5) is 5.69 Å². The van der Waals surface area contributed by atoms with Crippen molar-refractivity contribution in [2.24, 2.45) is 0 Å². The molecule has 0 fully saturated rings. The number of H-pyrrole nitrogens is 1. The third-order valence-corrected chi connectivity index (χ3v) is 2.75. The Labute approximate surface area is 104 Å². The van der Waals surface area contributed by atoms with E-state index in [1.807, 2.05) is 6.92 Å². The van der Waals surface area contributed by atoms with Crippen LogP contribution in [0.3, 0.4) is 0 Å². The van der Waals surface area contributed by atoms with Crippen molar-refractivity contribution in [3.8, 4) is 0 Å². The van der Waals surface area contributed by atoms with Gasteiger partial charge in [0.05, 0.1) is 11.3 Å². The minimum atomic E-state index is -0.357. The molecular formula is C12H14N4O2. The van der Waals surface area contributed by atoms with Crippen molar-refractivity contribution < 1.29 is 4.92 Å². The van der Waals surface area contributed by atoms with Gasteiger partial charge in [0, 0.05) is 36.1 Å². The number of hydrogen-bond donors (Lipinski definition) is 2. The number of nitrogens with zero attached hydrogens (tertiary/aromatic N) is 2. The fourth-order valence-electron chi connectivity index (χ4n) is 1.77. The largest absolute Gasteiger partial charge is 0.347 e. The Bertz CT molecular complexity index is 525. The molecule has 1 unspecified atom stereocenters. The Morgan fingerprint density at radius 3 is 2.94 bits per heavy atom. The highest BCUT2D eigenvalue weighted by molar-refractivity contribution is 5.41. The first-order chi connectivity index (χ1) is 8.68. The molecule has 18 heavy (non-hydrogen) atoms. The summed E-state index contributed by atoms with van der Waals surface area (Å²) in [7, 11) is 0. The van der Waals surface area contributed by atoms with E-state index in [4.69, 9.17) is 0 Å². The second-order valence-electron chi connectivity index (χ2n) is 4.00. The molecule has 1 heterocycles. The Morgan fingerprint density at radius 2 is 2.28 bits per heavy atom. The molecule has 1 atom stereocenters. The standard InChI is InChI=1S/C12H14N4O2/c1-9(14-7-10-6-13-8-15-10)11-4-2-3-5-12(11)16(17)18/h2-6,8-9,14H,7H2,1H3,(H,13,15). The molecule has 0 saturated heterocycles. The lowest BCUT2D eigenvalue weighted by molar-refractivity contribution is -0.385. The molecule has 0 saturated carbocycles. The van der Waals surface area contributed by atoms with Crippen LogP contribution < -0.4 is 5.32 Å². The summed E-state index contributed by atoms with van der Waals surface area (Å²) in [5.74, 6) is 0. The maximum atomic E-state index is 10.9. The van der Waals surface area contributed by atoms with E-state index >= 15 is 0 Å². The van der Waals surface area contributed by atoms with E-state index in [1.54, 1.807) is 30.7 Å². The summed E-state index contributed by atoms with van der Waals surface area (Å²) in [5.41, 5.74) is 1.77. The highest BCUT2D eigenvalue weighted by Gasteiger charge is 2.17. The normalized spacial score (nSPS) is 12.3. The van der Waals surface area contributed by atoms with E-state index in [0.29, 0.717) is 12.1 Å². The van der Waals surface area contributed by atoms with Crippen LogP contribution in [0, 0.1) is 10.1 Å². The second kappa shape index (κ2) is 5.42. The van der Waals surface area contributed by atoms with Crippen molar-refractivity contribution in [3.63, 3.8) is 0 Å². The molecule has 0 aliphatic heterocycles. The number of imidazole rings is 1. The van der Waals surface area contributed by atoms with Crippen LogP contribution in [0.25, 0.3) is 0 Å². The zero-order chi connectivity index (χ0) is 13.0. The summed E-state index contributed by atoms with van der Waals surface area (Å²) in [6, 6.07) is 6.65. The summed E-state index contributed by atoms with van der Waals surface area (Å²) < 4.78 is 0. The molecule has 1 aromatic heterocycles. The second-order valence-corrected chi connectivity index (χ2v) is 4.00. The van der Waals surface area contributed by atoms with Crippen LogP contribution in [0.5, 0.6) is 0 Å². The average molecular weight is 246 g/mol. The molecule has 1 aromatic carbocycles. The summed E-state index contributed by atoms with van der Waals surface area (Å²) in [4.78, 5) is 17.5. The molecule has 0 spiro atoms. The molecule has 2 rings (SSSR count). The first-order valence-corrected chi connectivity index (χ1v) is 5.62. The average Bonchev–Trinajstić information content (AvgIpc) is 2.89. The maximum Gasteiger partial charge on any atom is 0.274 e. The Hall–Kier alpha value is -2.21. The van der Waals surface area contributed by atoms with E-state index in [2.05, 4.69) is 15.3 Å². The van der Waals surface area contributed by atoms with E-state index < -0.39 is 0 Å². The topological polar surface area (TPSA) is 83.8 Å². The SMILES string of the molecule is CC(NCc1cnc[nH]1)c1ccccc1[N+](=O)[O-]. The number of benzene rings is 1. The lowest BCUT2D eigenvalue weighted by atomic mass is 10.1. The van der Waals surface area contributed by atoms with Crippen LogP contribution in [-0.4, -0.2) is 14.9 Å². The Balaban J connectivity index is 2.09. The van der Waals surface area contributed by atoms with Gasteiger partial charge in [0.25, 0.3) is 5.69 Å². The number of rotatable bonds is 5. The van der Waals surface area contributed by atoms with Gasteiger partial charge in [-0.3, -0.25) is 10.1 Å². The van der Waals surface area contributed by atoms with E-state index in [9.17, 15) is 10.1 Å². The van der Waals surface area contributed by atoms with Gasteiger partial charge in [-0.25, -0.2) is 4.98 Å². The minimum absolute atomic E-state index is 0.102. The molecule has 0 aliphatic rings. The number of nitro benzene ring substituents is 1. The summed E-state index contributed by atoms with van der Waals surface area (Å²) >= 11 is 0. The van der Waals surface area contributed by atoms with E-state index in [0.717, 1.165) is 5.69 Å². The summed E-state index contributed by atoms with van der Waals surface area (Å²) in [6.45, 7) is 2.49. The monoisotopic (exact) mass is 246 g/mol. The van der Waals surface area contributed by atoms with Crippen molar-refractivity contribution in [1.82, 2.24) is 15.3 Å². The molecule has 6 heteroatoms. The molecule has 0 aliphatic carbocycles. The molecule has 0 radical (unpaired) electrons. The van der Waals surface area contributed by atoms with Gasteiger partial charge in [-0.2, -0.15) is 0 Å². The minimum Gasteiger partial charge on any atom is -0.347 e. The molecule has 6 nitrogen and oxygen atoms in total. The number of nitrogens with one attached hydrogen (secondary N) is 2. The third-order valence-electron chi connectivity index (χ3n) is 2.75. The Morgan fingerprint density at radius 1 is 1.50 bits per heavy atom. The highest BCUT2D eigenvalue weighted by atomic mass is 16.6. The number of para-hydroxylation sites is 1. The van der Waals surface area contributed by atoms with Crippen molar-refractivity contribution in [1.29, 1.82) is 0 Å². The molecular weight excluding hydrogens is 232 g/mol. The highest BCUT2D eigenvalue weighted by Crippen LogP contribution is 2.24. The van der Waals surface area contributed by atoms with Crippen molar-refractivity contribution in [2.45, 2.75) is 19.5 Å². The fraction of sp³-hybridized carbons (Fsp3) is 0.250. The van der Waals surface area contributed by atoms with Gasteiger partial charge in [-0.05, 0) is 6.92 Å². The first kappa shape index (κ1) is 12.3. The summed E-state index contributed by atoms with van der Waals surface area (Å²) in [6.07, 6.45) is 3.33. The van der Waals surface area contributed by atoms with Gasteiger partial charge in [0.15, 0.2) is 0 Å². The van der Waals surface area contributed by atoms with Crippen molar-refractivity contribution in [3.05, 3.63) is 58.2 Å². The lowest BCUT2D eigenvalue weighted by Crippen LogP contribution is -2.19. The fourth-order valence-corrected chi connectivity index (χ4v) is 1.77. The van der Waals surface area contributed by atoms with Crippen LogP contribution in [0.2, 0.25) is 0 Å². The van der Waals surface area contributed by atoms with Crippen LogP contribution in [0.15, 0.2) is 36.8 Å². The number of nitro groups is 1. The number of hydrogen-bond acceptors (Lipinski definition) is 4. The maximum absolute atomic E-state index is 10.9. The molecule has 0 bridgehead atoms. The van der Waals surface area contributed by atoms with Crippen LogP contribution in [-0.2, 0) is 6.54 Å². The third kappa shape index (κ3) is 2.72.